The number of ether oxygens (including phenoxy) is 4. The smallest absolute Gasteiger partial charge is 0.266 e. The Hall–Kier alpha value is -3.86. The minimum Gasteiger partial charge on any atom is -0.497 e. The van der Waals surface area contributed by atoms with Crippen molar-refractivity contribution in [1.82, 2.24) is 0 Å². The molecule has 0 radical (unpaired) electrons. The number of carbonyl (C=O) groups excluding carboxylic acids is 1. The molecule has 0 bridgehead atoms. The highest BCUT2D eigenvalue weighted by molar-refractivity contribution is 6.32. The molecular formula is C26H22Cl2N2O5. The number of nitrogens with zero attached hydrogens (tertiary/aromatic N) is 1. The van der Waals surface area contributed by atoms with Crippen LogP contribution >= 0.6 is 23.2 Å². The van der Waals surface area contributed by atoms with Crippen LogP contribution in [0.2, 0.25) is 10.0 Å². The molecule has 0 heterocycles. The third-order valence-electron chi connectivity index (χ3n) is 4.89. The van der Waals surface area contributed by atoms with Gasteiger partial charge in [-0.05, 0) is 35.9 Å². The van der Waals surface area contributed by atoms with Gasteiger partial charge in [-0.3, -0.25) is 4.79 Å². The number of nitrogens with one attached hydrogen (secondary N) is 1. The largest absolute Gasteiger partial charge is 0.497 e. The average molecular weight is 513 g/mol. The zero-order valence-electron chi connectivity index (χ0n) is 19.2. The molecule has 9 heteroatoms. The molecule has 0 saturated carbocycles. The Morgan fingerprint density at radius 1 is 0.971 bits per heavy atom. The fourth-order valence-corrected chi connectivity index (χ4v) is 3.57. The number of nitriles is 1. The van der Waals surface area contributed by atoms with E-state index in [1.165, 1.54) is 39.5 Å². The number of hydrogen-bond acceptors (Lipinski definition) is 6. The number of methoxy groups -OCH3 is 3. The Kier molecular flexibility index (Phi) is 8.85. The molecule has 1 N–H and O–H groups in total. The lowest BCUT2D eigenvalue weighted by molar-refractivity contribution is -0.112. The summed E-state index contributed by atoms with van der Waals surface area (Å²) in [6, 6.07) is 17.3. The van der Waals surface area contributed by atoms with Crippen LogP contribution in [0.15, 0.2) is 60.2 Å². The molecule has 3 aromatic carbocycles. The fourth-order valence-electron chi connectivity index (χ4n) is 3.13. The molecule has 35 heavy (non-hydrogen) atoms. The lowest BCUT2D eigenvalue weighted by Gasteiger charge is -2.14. The second-order valence-corrected chi connectivity index (χ2v) is 7.98. The van der Waals surface area contributed by atoms with Crippen molar-refractivity contribution in [3.05, 3.63) is 81.3 Å². The standard InChI is InChI=1S/C26H22Cl2N2O5/c1-32-20-8-7-17(23(11-20)35-15-16-5-4-6-19(27)9-16)10-18(14-29)26(31)30-22-13-24(33-2)21(28)12-25(22)34-3/h4-13H,15H2,1-3H3,(H,30,31)/b18-10+. The Morgan fingerprint density at radius 3 is 2.40 bits per heavy atom. The Labute approximate surface area is 213 Å². The maximum Gasteiger partial charge on any atom is 0.266 e. The van der Waals surface area contributed by atoms with E-state index in [9.17, 15) is 10.1 Å². The van der Waals surface area contributed by atoms with Gasteiger partial charge in [-0.2, -0.15) is 5.26 Å². The molecular weight excluding hydrogens is 491 g/mol. The molecule has 0 atom stereocenters. The third-order valence-corrected chi connectivity index (χ3v) is 5.42. The second-order valence-electron chi connectivity index (χ2n) is 7.13. The quantitative estimate of drug-likeness (QED) is 0.273. The second kappa shape index (κ2) is 12.0. The van der Waals surface area contributed by atoms with Gasteiger partial charge in [0.05, 0.1) is 32.0 Å². The summed E-state index contributed by atoms with van der Waals surface area (Å²) in [5.74, 6) is 1.00. The van der Waals surface area contributed by atoms with Crippen molar-refractivity contribution in [3.8, 4) is 29.1 Å². The highest BCUT2D eigenvalue weighted by atomic mass is 35.5. The van der Waals surface area contributed by atoms with Gasteiger partial charge in [-0.15, -0.1) is 0 Å². The van der Waals surface area contributed by atoms with Crippen molar-refractivity contribution in [2.45, 2.75) is 6.61 Å². The summed E-state index contributed by atoms with van der Waals surface area (Å²) < 4.78 is 21.7. The number of hydrogen-bond donors (Lipinski definition) is 1. The average Bonchev–Trinajstić information content (AvgIpc) is 2.86. The SMILES string of the molecule is COc1ccc(/C=C(\C#N)C(=O)Nc2cc(OC)c(Cl)cc2OC)c(OCc2cccc(Cl)c2)c1. The molecule has 0 spiro atoms. The van der Waals surface area contributed by atoms with E-state index in [0.717, 1.165) is 5.56 Å². The maximum absolute atomic E-state index is 12.9. The van der Waals surface area contributed by atoms with Crippen molar-refractivity contribution in [3.63, 3.8) is 0 Å². The third kappa shape index (κ3) is 6.60. The summed E-state index contributed by atoms with van der Waals surface area (Å²) in [7, 11) is 4.43. The van der Waals surface area contributed by atoms with Crippen LogP contribution in [-0.4, -0.2) is 27.2 Å². The van der Waals surface area contributed by atoms with Crippen LogP contribution in [0.25, 0.3) is 6.08 Å². The van der Waals surface area contributed by atoms with E-state index in [4.69, 9.17) is 42.1 Å². The molecule has 0 aromatic heterocycles. The van der Waals surface area contributed by atoms with Crippen LogP contribution in [0.5, 0.6) is 23.0 Å². The molecule has 0 saturated heterocycles. The van der Waals surface area contributed by atoms with Gasteiger partial charge in [0.1, 0.15) is 41.2 Å². The van der Waals surface area contributed by atoms with E-state index >= 15 is 0 Å². The van der Waals surface area contributed by atoms with Gasteiger partial charge in [0.2, 0.25) is 0 Å². The van der Waals surface area contributed by atoms with E-state index in [1.54, 1.807) is 30.3 Å². The zero-order chi connectivity index (χ0) is 25.4. The monoisotopic (exact) mass is 512 g/mol. The van der Waals surface area contributed by atoms with Gasteiger partial charge in [-0.1, -0.05) is 35.3 Å². The Bertz CT molecular complexity index is 1300. The van der Waals surface area contributed by atoms with Crippen molar-refractivity contribution < 1.29 is 23.7 Å². The first-order chi connectivity index (χ1) is 16.9. The lowest BCUT2D eigenvalue weighted by atomic mass is 10.1. The van der Waals surface area contributed by atoms with E-state index < -0.39 is 5.91 Å². The molecule has 1 amide bonds. The molecule has 0 aliphatic carbocycles. The topological polar surface area (TPSA) is 89.8 Å². The molecule has 3 aromatic rings. The van der Waals surface area contributed by atoms with Gasteiger partial charge in [0.25, 0.3) is 5.91 Å². The summed E-state index contributed by atoms with van der Waals surface area (Å²) in [6.45, 7) is 0.227. The van der Waals surface area contributed by atoms with Crippen LogP contribution in [-0.2, 0) is 11.4 Å². The summed E-state index contributed by atoms with van der Waals surface area (Å²) in [6.07, 6.45) is 1.43. The van der Waals surface area contributed by atoms with E-state index in [0.29, 0.717) is 44.3 Å². The fraction of sp³-hybridized carbons (Fsp3) is 0.154. The minimum absolute atomic E-state index is 0.154. The van der Waals surface area contributed by atoms with Gasteiger partial charge in [0, 0.05) is 28.8 Å². The van der Waals surface area contributed by atoms with Gasteiger partial charge in [-0.25, -0.2) is 0 Å². The van der Waals surface area contributed by atoms with Crippen molar-refractivity contribution in [2.24, 2.45) is 0 Å². The first-order valence-electron chi connectivity index (χ1n) is 10.3. The van der Waals surface area contributed by atoms with Gasteiger partial charge < -0.3 is 24.3 Å². The van der Waals surface area contributed by atoms with Gasteiger partial charge in [0.15, 0.2) is 0 Å². The number of anilines is 1. The van der Waals surface area contributed by atoms with Crippen molar-refractivity contribution in [1.29, 1.82) is 5.26 Å². The number of carbonyl (C=O) groups is 1. The van der Waals surface area contributed by atoms with Gasteiger partial charge >= 0.3 is 0 Å². The van der Waals surface area contributed by atoms with E-state index in [1.807, 2.05) is 18.2 Å². The summed E-state index contributed by atoms with van der Waals surface area (Å²) >= 11 is 12.2. The highest BCUT2D eigenvalue weighted by Gasteiger charge is 2.17. The van der Waals surface area contributed by atoms with E-state index in [2.05, 4.69) is 5.32 Å². The Balaban J connectivity index is 1.90. The number of halogens is 2. The van der Waals surface area contributed by atoms with Crippen LogP contribution < -0.4 is 24.3 Å². The number of rotatable bonds is 9. The molecule has 0 aliphatic heterocycles. The lowest BCUT2D eigenvalue weighted by Crippen LogP contribution is -2.14. The summed E-state index contributed by atoms with van der Waals surface area (Å²) in [4.78, 5) is 12.9. The summed E-state index contributed by atoms with van der Waals surface area (Å²) in [5, 5.41) is 13.3. The van der Waals surface area contributed by atoms with Crippen LogP contribution in [0.1, 0.15) is 11.1 Å². The number of amides is 1. The Morgan fingerprint density at radius 2 is 1.74 bits per heavy atom. The first-order valence-corrected chi connectivity index (χ1v) is 11.0. The summed E-state index contributed by atoms with van der Waals surface area (Å²) in [5.41, 5.74) is 1.52. The molecule has 180 valence electrons. The van der Waals surface area contributed by atoms with Crippen molar-refractivity contribution in [2.75, 3.05) is 26.6 Å². The predicted molar refractivity (Wildman–Crippen MR) is 136 cm³/mol. The molecule has 0 aliphatic rings. The van der Waals surface area contributed by atoms with E-state index in [-0.39, 0.29) is 12.2 Å². The number of benzene rings is 3. The predicted octanol–water partition coefficient (Wildman–Crippen LogP) is 6.14. The molecule has 3 rings (SSSR count). The first kappa shape index (κ1) is 25.8. The van der Waals surface area contributed by atoms with Crippen LogP contribution in [0, 0.1) is 11.3 Å². The molecule has 0 fully saturated rings. The van der Waals surface area contributed by atoms with Crippen LogP contribution in [0.3, 0.4) is 0 Å². The normalized spacial score (nSPS) is 10.8. The van der Waals surface area contributed by atoms with Crippen molar-refractivity contribution >= 4 is 40.9 Å². The van der Waals surface area contributed by atoms with Crippen LogP contribution in [0.4, 0.5) is 5.69 Å². The molecule has 0 unspecified atom stereocenters. The maximum atomic E-state index is 12.9. The highest BCUT2D eigenvalue weighted by Crippen LogP contribution is 2.36. The minimum atomic E-state index is -0.646. The molecule has 7 nitrogen and oxygen atoms in total. The zero-order valence-corrected chi connectivity index (χ0v) is 20.7.